The van der Waals surface area contributed by atoms with Gasteiger partial charge in [-0.15, -0.1) is 0 Å². The molecule has 170 valence electrons. The zero-order valence-electron chi connectivity index (χ0n) is 19.7. The van der Waals surface area contributed by atoms with Gasteiger partial charge in [0.25, 0.3) is 0 Å². The summed E-state index contributed by atoms with van der Waals surface area (Å²) in [4.78, 5) is 26.8. The Labute approximate surface area is 191 Å². The smallest absolute Gasteiger partial charge is 0.337 e. The van der Waals surface area contributed by atoms with Crippen LogP contribution in [0.25, 0.3) is 0 Å². The predicted octanol–water partition coefficient (Wildman–Crippen LogP) is 4.79. The Balaban J connectivity index is 2.16. The largest absolute Gasteiger partial charge is 0.466 e. The molecule has 1 heterocycles. The maximum Gasteiger partial charge on any atom is 0.337 e. The van der Waals surface area contributed by atoms with Crippen LogP contribution in [0.5, 0.6) is 0 Å². The van der Waals surface area contributed by atoms with Crippen LogP contribution in [0.1, 0.15) is 66.0 Å². The van der Waals surface area contributed by atoms with E-state index < -0.39 is 6.04 Å². The van der Waals surface area contributed by atoms with Crippen LogP contribution in [0.4, 0.5) is 5.69 Å². The fourth-order valence-corrected chi connectivity index (χ4v) is 4.58. The van der Waals surface area contributed by atoms with Crippen molar-refractivity contribution < 1.29 is 14.3 Å². The van der Waals surface area contributed by atoms with Crippen molar-refractivity contribution >= 4 is 34.9 Å². The monoisotopic (exact) mass is 445 g/mol. The molecule has 1 aliphatic rings. The number of benzene rings is 1. The molecular weight excluding hydrogens is 410 g/mol. The minimum Gasteiger partial charge on any atom is -0.466 e. The average molecular weight is 446 g/mol. The molecule has 2 atom stereocenters. The lowest BCUT2D eigenvalue weighted by atomic mass is 9.84. The number of amides is 1. The lowest BCUT2D eigenvalue weighted by Crippen LogP contribution is -2.47. The van der Waals surface area contributed by atoms with Crippen LogP contribution in [0.15, 0.2) is 35.5 Å². The fourth-order valence-electron chi connectivity index (χ4n) is 4.19. The van der Waals surface area contributed by atoms with Crippen LogP contribution in [0.3, 0.4) is 0 Å². The van der Waals surface area contributed by atoms with Crippen LogP contribution < -0.4 is 10.6 Å². The molecule has 1 aromatic carbocycles. The van der Waals surface area contributed by atoms with Crippen LogP contribution in [0, 0.1) is 11.3 Å². The number of ether oxygens (including phenoxy) is 1. The molecule has 0 aliphatic carbocycles. The predicted molar refractivity (Wildman–Crippen MR) is 128 cm³/mol. The SMILES string of the molecule is CCN1C(=S)N[C@@H](c2ccc(NC(=O)C[C@H](C)CC(C)(C)C)cc2)C(C(=O)OC)=C1C. The molecule has 1 aliphatic heterocycles. The van der Waals surface area contributed by atoms with Crippen molar-refractivity contribution in [2.45, 2.75) is 60.4 Å². The van der Waals surface area contributed by atoms with Crippen molar-refractivity contribution in [3.63, 3.8) is 0 Å². The van der Waals surface area contributed by atoms with E-state index >= 15 is 0 Å². The van der Waals surface area contributed by atoms with Crippen molar-refractivity contribution in [2.75, 3.05) is 19.0 Å². The first kappa shape index (κ1) is 24.9. The number of carbonyl (C=O) groups excluding carboxylic acids is 2. The summed E-state index contributed by atoms with van der Waals surface area (Å²) < 4.78 is 5.02. The molecule has 1 aromatic rings. The van der Waals surface area contributed by atoms with E-state index in [0.717, 1.165) is 23.4 Å². The van der Waals surface area contributed by atoms with Gasteiger partial charge in [-0.1, -0.05) is 39.8 Å². The highest BCUT2D eigenvalue weighted by Gasteiger charge is 2.33. The summed E-state index contributed by atoms with van der Waals surface area (Å²) in [7, 11) is 1.38. The minimum atomic E-state index is -0.403. The molecule has 0 aromatic heterocycles. The Morgan fingerprint density at radius 3 is 2.39 bits per heavy atom. The van der Waals surface area contributed by atoms with Gasteiger partial charge in [-0.25, -0.2) is 4.79 Å². The second-order valence-corrected chi connectivity index (χ2v) is 9.75. The van der Waals surface area contributed by atoms with E-state index in [2.05, 4.69) is 38.3 Å². The first-order valence-corrected chi connectivity index (χ1v) is 11.1. The highest BCUT2D eigenvalue weighted by Crippen LogP contribution is 2.32. The molecule has 7 heteroatoms. The Morgan fingerprint density at radius 1 is 1.26 bits per heavy atom. The van der Waals surface area contributed by atoms with E-state index in [1.54, 1.807) is 0 Å². The third kappa shape index (κ3) is 6.53. The Morgan fingerprint density at radius 2 is 1.87 bits per heavy atom. The maximum atomic E-state index is 12.5. The van der Waals surface area contributed by atoms with E-state index in [-0.39, 0.29) is 17.3 Å². The highest BCUT2D eigenvalue weighted by molar-refractivity contribution is 7.80. The number of allylic oxidation sites excluding steroid dienone is 1. The first-order chi connectivity index (χ1) is 14.5. The van der Waals surface area contributed by atoms with Gasteiger partial charge < -0.3 is 20.3 Å². The zero-order valence-corrected chi connectivity index (χ0v) is 20.5. The number of carbonyl (C=O) groups is 2. The molecule has 2 rings (SSSR count). The molecule has 0 fully saturated rings. The fraction of sp³-hybridized carbons (Fsp3) is 0.542. The van der Waals surface area contributed by atoms with Gasteiger partial charge in [0.2, 0.25) is 5.91 Å². The van der Waals surface area contributed by atoms with Gasteiger partial charge in [-0.2, -0.15) is 0 Å². The molecule has 31 heavy (non-hydrogen) atoms. The molecule has 0 saturated carbocycles. The number of hydrogen-bond acceptors (Lipinski definition) is 4. The Bertz CT molecular complexity index is 856. The summed E-state index contributed by atoms with van der Waals surface area (Å²) in [6, 6.07) is 7.09. The lowest BCUT2D eigenvalue weighted by molar-refractivity contribution is -0.136. The first-order valence-electron chi connectivity index (χ1n) is 10.7. The van der Waals surface area contributed by atoms with E-state index in [1.165, 1.54) is 7.11 Å². The molecular formula is C24H35N3O3S. The second kappa shape index (κ2) is 10.3. The summed E-state index contributed by atoms with van der Waals surface area (Å²) in [6.07, 6.45) is 1.47. The van der Waals surface area contributed by atoms with Gasteiger partial charge in [-0.05, 0) is 61.5 Å². The van der Waals surface area contributed by atoms with E-state index in [1.807, 2.05) is 43.0 Å². The maximum absolute atomic E-state index is 12.5. The van der Waals surface area contributed by atoms with Crippen LogP contribution in [0.2, 0.25) is 0 Å². The third-order valence-electron chi connectivity index (χ3n) is 5.34. The van der Waals surface area contributed by atoms with Crippen LogP contribution in [-0.2, 0) is 14.3 Å². The molecule has 0 bridgehead atoms. The normalized spacial score (nSPS) is 17.8. The van der Waals surface area contributed by atoms with E-state index in [0.29, 0.717) is 29.6 Å². The molecule has 0 saturated heterocycles. The van der Waals surface area contributed by atoms with E-state index in [9.17, 15) is 9.59 Å². The van der Waals surface area contributed by atoms with Gasteiger partial charge >= 0.3 is 5.97 Å². The van der Waals surface area contributed by atoms with Gasteiger partial charge in [0.15, 0.2) is 5.11 Å². The van der Waals surface area contributed by atoms with E-state index in [4.69, 9.17) is 17.0 Å². The van der Waals surface area contributed by atoms with Crippen molar-refractivity contribution in [2.24, 2.45) is 11.3 Å². The number of nitrogens with one attached hydrogen (secondary N) is 2. The number of thiocarbonyl (C=S) groups is 1. The number of rotatable bonds is 7. The van der Waals surface area contributed by atoms with Crippen LogP contribution in [-0.4, -0.2) is 35.5 Å². The summed E-state index contributed by atoms with van der Waals surface area (Å²) in [5.41, 5.74) is 3.12. The van der Waals surface area contributed by atoms with Crippen LogP contribution >= 0.6 is 12.2 Å². The summed E-state index contributed by atoms with van der Waals surface area (Å²) in [6.45, 7) is 13.2. The quantitative estimate of drug-likeness (QED) is 0.465. The Kier molecular flexibility index (Phi) is 8.23. The Hall–Kier alpha value is -2.41. The van der Waals surface area contributed by atoms with Crippen molar-refractivity contribution in [1.29, 1.82) is 0 Å². The number of methoxy groups -OCH3 is 1. The van der Waals surface area contributed by atoms with Gasteiger partial charge in [0, 0.05) is 24.4 Å². The van der Waals surface area contributed by atoms with Crippen molar-refractivity contribution in [3.05, 3.63) is 41.1 Å². The number of hydrogen-bond donors (Lipinski definition) is 2. The number of anilines is 1. The van der Waals surface area contributed by atoms with Crippen molar-refractivity contribution in [3.8, 4) is 0 Å². The molecule has 0 spiro atoms. The lowest BCUT2D eigenvalue weighted by Gasteiger charge is -2.36. The molecule has 1 amide bonds. The van der Waals surface area contributed by atoms with Gasteiger partial charge in [0.05, 0.1) is 18.7 Å². The molecule has 0 unspecified atom stereocenters. The van der Waals surface area contributed by atoms with Crippen molar-refractivity contribution in [1.82, 2.24) is 10.2 Å². The summed E-state index contributed by atoms with van der Waals surface area (Å²) >= 11 is 5.49. The second-order valence-electron chi connectivity index (χ2n) is 9.36. The van der Waals surface area contributed by atoms with Gasteiger partial charge in [0.1, 0.15) is 0 Å². The summed E-state index contributed by atoms with van der Waals surface area (Å²) in [5.74, 6) is -0.0730. The topological polar surface area (TPSA) is 70.7 Å². The molecule has 6 nitrogen and oxygen atoms in total. The highest BCUT2D eigenvalue weighted by atomic mass is 32.1. The van der Waals surface area contributed by atoms with Gasteiger partial charge in [-0.3, -0.25) is 4.79 Å². The molecule has 0 radical (unpaired) electrons. The minimum absolute atomic E-state index is 0.00560. The zero-order chi connectivity index (χ0) is 23.3. The third-order valence-corrected chi connectivity index (χ3v) is 5.68. The summed E-state index contributed by atoms with van der Waals surface area (Å²) in [5, 5.41) is 6.79. The standard InChI is InChI=1S/C24H35N3O3S/c1-8-27-16(3)20(22(29)30-7)21(26-23(27)31)17-9-11-18(12-10-17)25-19(28)13-15(2)14-24(4,5)6/h9-12,15,21H,8,13-14H2,1-7H3,(H,25,28)(H,26,31)/t15-,21-/m0/s1. The number of esters is 1. The average Bonchev–Trinajstić information content (AvgIpc) is 2.66. The molecule has 2 N–H and O–H groups in total. The number of nitrogens with zero attached hydrogens (tertiary/aromatic N) is 1.